The van der Waals surface area contributed by atoms with Gasteiger partial charge in [0, 0.05) is 24.0 Å². The molecule has 2 saturated heterocycles. The number of likely N-dealkylation sites (tertiary alicyclic amines) is 1. The molecule has 0 aromatic carbocycles. The summed E-state index contributed by atoms with van der Waals surface area (Å²) in [5.41, 5.74) is 0.452. The van der Waals surface area contributed by atoms with Crippen LogP contribution in [-0.2, 0) is 4.74 Å². The third-order valence-electron chi connectivity index (χ3n) is 3.19. The van der Waals surface area contributed by atoms with Crippen molar-refractivity contribution in [1.29, 1.82) is 0 Å². The molecule has 0 aromatic heterocycles. The maximum Gasteiger partial charge on any atom is 0.0622 e. The second kappa shape index (κ2) is 2.71. The molecule has 2 heterocycles. The van der Waals surface area contributed by atoms with E-state index in [1.165, 1.54) is 13.0 Å². The van der Waals surface area contributed by atoms with E-state index in [2.05, 4.69) is 25.7 Å². The second-order valence-corrected chi connectivity index (χ2v) is 4.95. The smallest absolute Gasteiger partial charge is 0.0622 e. The lowest BCUT2D eigenvalue weighted by Gasteiger charge is -2.28. The summed E-state index contributed by atoms with van der Waals surface area (Å²) in [4.78, 5) is 2.59. The highest BCUT2D eigenvalue weighted by Crippen LogP contribution is 2.39. The van der Waals surface area contributed by atoms with Crippen molar-refractivity contribution >= 4 is 0 Å². The van der Waals surface area contributed by atoms with Crippen LogP contribution in [0.4, 0.5) is 0 Å². The Labute approximate surface area is 74.9 Å². The largest absolute Gasteiger partial charge is 0.379 e. The molecule has 2 aliphatic rings. The molecule has 2 unspecified atom stereocenters. The molecule has 12 heavy (non-hydrogen) atoms. The summed E-state index contributed by atoms with van der Waals surface area (Å²) in [6.45, 7) is 10.1. The van der Waals surface area contributed by atoms with Crippen molar-refractivity contribution in [3.8, 4) is 0 Å². The normalized spacial score (nSPS) is 42.5. The molecular formula is C10H19NO. The van der Waals surface area contributed by atoms with Gasteiger partial charge in [-0.2, -0.15) is 0 Å². The molecule has 2 aliphatic heterocycles. The first-order valence-electron chi connectivity index (χ1n) is 4.94. The van der Waals surface area contributed by atoms with E-state index in [0.29, 0.717) is 17.5 Å². The van der Waals surface area contributed by atoms with Gasteiger partial charge in [0.05, 0.1) is 13.2 Å². The van der Waals surface area contributed by atoms with E-state index in [-0.39, 0.29) is 0 Å². The summed E-state index contributed by atoms with van der Waals surface area (Å²) in [5.74, 6) is 0. The molecule has 0 N–H and O–H groups in total. The van der Waals surface area contributed by atoms with Crippen LogP contribution in [0.1, 0.15) is 27.2 Å². The first-order chi connectivity index (χ1) is 5.61. The van der Waals surface area contributed by atoms with Crippen molar-refractivity contribution in [3.63, 3.8) is 0 Å². The van der Waals surface area contributed by atoms with Crippen molar-refractivity contribution in [1.82, 2.24) is 4.90 Å². The molecule has 2 fully saturated rings. The molecule has 0 aromatic rings. The molecule has 2 rings (SSSR count). The third kappa shape index (κ3) is 1.27. The van der Waals surface area contributed by atoms with Gasteiger partial charge >= 0.3 is 0 Å². The van der Waals surface area contributed by atoms with E-state index in [1.807, 2.05) is 0 Å². The van der Waals surface area contributed by atoms with Gasteiger partial charge in [0.1, 0.15) is 0 Å². The maximum absolute atomic E-state index is 5.60. The number of nitrogens with zero attached hydrogens (tertiary/aromatic N) is 1. The summed E-state index contributed by atoms with van der Waals surface area (Å²) in [6, 6.07) is 1.38. The Morgan fingerprint density at radius 1 is 1.50 bits per heavy atom. The molecule has 0 amide bonds. The van der Waals surface area contributed by atoms with E-state index in [4.69, 9.17) is 4.74 Å². The minimum atomic E-state index is 0.452. The molecule has 2 atom stereocenters. The van der Waals surface area contributed by atoms with Gasteiger partial charge in [-0.3, -0.25) is 4.90 Å². The lowest BCUT2D eigenvalue weighted by atomic mass is 9.87. The lowest BCUT2D eigenvalue weighted by Crippen LogP contribution is -2.37. The molecule has 70 valence electrons. The Balaban J connectivity index is 2.12. The number of ether oxygens (including phenoxy) is 1. The van der Waals surface area contributed by atoms with Crippen molar-refractivity contribution in [2.45, 2.75) is 39.3 Å². The Morgan fingerprint density at radius 3 is 2.83 bits per heavy atom. The Kier molecular flexibility index (Phi) is 1.92. The van der Waals surface area contributed by atoms with Gasteiger partial charge in [0.25, 0.3) is 0 Å². The van der Waals surface area contributed by atoms with E-state index in [1.54, 1.807) is 0 Å². The van der Waals surface area contributed by atoms with E-state index >= 15 is 0 Å². The van der Waals surface area contributed by atoms with Crippen molar-refractivity contribution < 1.29 is 4.74 Å². The van der Waals surface area contributed by atoms with E-state index in [0.717, 1.165) is 13.2 Å². The van der Waals surface area contributed by atoms with E-state index < -0.39 is 0 Å². The van der Waals surface area contributed by atoms with Crippen LogP contribution in [0.3, 0.4) is 0 Å². The SMILES string of the molecule is CC(C)N1CC2(C)COCC1C2. The Morgan fingerprint density at radius 2 is 2.25 bits per heavy atom. The number of fused-ring (bicyclic) bond motifs is 2. The van der Waals surface area contributed by atoms with Gasteiger partial charge in [0.15, 0.2) is 0 Å². The summed E-state index contributed by atoms with van der Waals surface area (Å²) < 4.78 is 5.60. The summed E-state index contributed by atoms with van der Waals surface area (Å²) in [7, 11) is 0. The predicted molar refractivity (Wildman–Crippen MR) is 49.2 cm³/mol. The van der Waals surface area contributed by atoms with Crippen LogP contribution in [0.15, 0.2) is 0 Å². The molecule has 2 nitrogen and oxygen atoms in total. The quantitative estimate of drug-likeness (QED) is 0.590. The van der Waals surface area contributed by atoms with Crippen LogP contribution in [0.2, 0.25) is 0 Å². The molecule has 2 heteroatoms. The molecule has 0 radical (unpaired) electrons. The highest BCUT2D eigenvalue weighted by Gasteiger charge is 2.44. The zero-order valence-corrected chi connectivity index (χ0v) is 8.34. The molecule has 0 spiro atoms. The fraction of sp³-hybridized carbons (Fsp3) is 1.00. The first-order valence-corrected chi connectivity index (χ1v) is 4.94. The maximum atomic E-state index is 5.60. The monoisotopic (exact) mass is 169 g/mol. The van der Waals surface area contributed by atoms with Crippen molar-refractivity contribution in [3.05, 3.63) is 0 Å². The standard InChI is InChI=1S/C10H19NO/c1-8(2)11-6-10(3)4-9(11)5-12-7-10/h8-9H,4-7H2,1-3H3. The number of rotatable bonds is 1. The van der Waals surface area contributed by atoms with E-state index in [9.17, 15) is 0 Å². The Bertz CT molecular complexity index is 181. The van der Waals surface area contributed by atoms with Gasteiger partial charge < -0.3 is 4.74 Å². The molecule has 2 bridgehead atoms. The predicted octanol–water partition coefficient (Wildman–Crippen LogP) is 1.51. The average molecular weight is 169 g/mol. The zero-order valence-electron chi connectivity index (χ0n) is 8.34. The fourth-order valence-electron chi connectivity index (χ4n) is 2.63. The summed E-state index contributed by atoms with van der Waals surface area (Å²) in [5, 5.41) is 0. The summed E-state index contributed by atoms with van der Waals surface area (Å²) >= 11 is 0. The van der Waals surface area contributed by atoms with Crippen molar-refractivity contribution in [2.75, 3.05) is 19.8 Å². The van der Waals surface area contributed by atoms with Crippen LogP contribution in [0.25, 0.3) is 0 Å². The van der Waals surface area contributed by atoms with Crippen LogP contribution in [0.5, 0.6) is 0 Å². The van der Waals surface area contributed by atoms with Crippen LogP contribution in [0, 0.1) is 5.41 Å². The molecule has 0 saturated carbocycles. The van der Waals surface area contributed by atoms with Gasteiger partial charge in [0.2, 0.25) is 0 Å². The van der Waals surface area contributed by atoms with Crippen molar-refractivity contribution in [2.24, 2.45) is 5.41 Å². The van der Waals surface area contributed by atoms with Gasteiger partial charge in [-0.1, -0.05) is 6.92 Å². The number of hydrogen-bond donors (Lipinski definition) is 0. The Hall–Kier alpha value is -0.0800. The highest BCUT2D eigenvalue weighted by atomic mass is 16.5. The fourth-order valence-corrected chi connectivity index (χ4v) is 2.63. The molecule has 0 aliphatic carbocycles. The second-order valence-electron chi connectivity index (χ2n) is 4.95. The van der Waals surface area contributed by atoms with Crippen LogP contribution in [-0.4, -0.2) is 36.7 Å². The third-order valence-corrected chi connectivity index (χ3v) is 3.19. The zero-order chi connectivity index (χ0) is 8.77. The number of hydrogen-bond acceptors (Lipinski definition) is 2. The minimum absolute atomic E-state index is 0.452. The van der Waals surface area contributed by atoms with Crippen LogP contribution >= 0.6 is 0 Å². The molecular weight excluding hydrogens is 150 g/mol. The first kappa shape index (κ1) is 8.52. The van der Waals surface area contributed by atoms with Gasteiger partial charge in [-0.05, 0) is 20.3 Å². The summed E-state index contributed by atoms with van der Waals surface area (Å²) in [6.07, 6.45) is 1.34. The lowest BCUT2D eigenvalue weighted by molar-refractivity contribution is 0.0173. The highest BCUT2D eigenvalue weighted by molar-refractivity contribution is 4.97. The topological polar surface area (TPSA) is 12.5 Å². The van der Waals surface area contributed by atoms with Crippen LogP contribution < -0.4 is 0 Å². The minimum Gasteiger partial charge on any atom is -0.379 e. The van der Waals surface area contributed by atoms with Gasteiger partial charge in [-0.15, -0.1) is 0 Å². The van der Waals surface area contributed by atoms with Gasteiger partial charge in [-0.25, -0.2) is 0 Å². The average Bonchev–Trinajstić information content (AvgIpc) is 2.22.